The van der Waals surface area contributed by atoms with E-state index in [1.165, 1.54) is 24.4 Å². The van der Waals surface area contributed by atoms with Crippen LogP contribution in [0.2, 0.25) is 5.02 Å². The number of H-pyrrole nitrogens is 1. The van der Waals surface area contributed by atoms with E-state index >= 15 is 0 Å². The van der Waals surface area contributed by atoms with Gasteiger partial charge in [0.1, 0.15) is 0 Å². The van der Waals surface area contributed by atoms with Crippen molar-refractivity contribution < 1.29 is 9.59 Å². The molecule has 0 unspecified atom stereocenters. The Morgan fingerprint density at radius 3 is 2.72 bits per heavy atom. The number of aromatic nitrogens is 3. The molecule has 2 rings (SSSR count). The van der Waals surface area contributed by atoms with Crippen LogP contribution in [-0.4, -0.2) is 27.2 Å². The number of benzene rings is 1. The molecule has 0 spiro atoms. The first kappa shape index (κ1) is 12.1. The van der Waals surface area contributed by atoms with E-state index in [2.05, 4.69) is 20.7 Å². The van der Waals surface area contributed by atoms with Gasteiger partial charge in [-0.25, -0.2) is 0 Å². The van der Waals surface area contributed by atoms with E-state index in [0.29, 0.717) is 5.69 Å². The second kappa shape index (κ2) is 4.84. The fraction of sp³-hybridized carbons (Fsp3) is 0. The summed E-state index contributed by atoms with van der Waals surface area (Å²) in [4.78, 5) is 22.6. The third-order valence-corrected chi connectivity index (χ3v) is 2.45. The molecular formula is C10H8ClN5O2. The molecule has 0 atom stereocenters. The summed E-state index contributed by atoms with van der Waals surface area (Å²) in [5.74, 6) is -1.07. The van der Waals surface area contributed by atoms with Crippen LogP contribution >= 0.6 is 11.6 Å². The minimum Gasteiger partial charge on any atom is -0.366 e. The lowest BCUT2D eigenvalue weighted by molar-refractivity contribution is 0.0998. The summed E-state index contributed by atoms with van der Waals surface area (Å²) >= 11 is 5.85. The van der Waals surface area contributed by atoms with E-state index in [1.54, 1.807) is 0 Å². The summed E-state index contributed by atoms with van der Waals surface area (Å²) in [6.07, 6.45) is 1.29. The Hall–Kier alpha value is -2.41. The fourth-order valence-corrected chi connectivity index (χ4v) is 1.57. The lowest BCUT2D eigenvalue weighted by Crippen LogP contribution is -2.14. The number of rotatable bonds is 3. The van der Waals surface area contributed by atoms with E-state index in [9.17, 15) is 9.59 Å². The molecule has 0 aliphatic carbocycles. The summed E-state index contributed by atoms with van der Waals surface area (Å²) in [5.41, 5.74) is 5.87. The minimum absolute atomic E-state index is 0.144. The van der Waals surface area contributed by atoms with Gasteiger partial charge >= 0.3 is 0 Å². The van der Waals surface area contributed by atoms with Crippen molar-refractivity contribution in [3.8, 4) is 0 Å². The van der Waals surface area contributed by atoms with Gasteiger partial charge in [-0.2, -0.15) is 15.4 Å². The van der Waals surface area contributed by atoms with Crippen LogP contribution in [0.3, 0.4) is 0 Å². The number of hydrogen-bond acceptors (Lipinski definition) is 4. The Morgan fingerprint density at radius 1 is 1.39 bits per heavy atom. The smallest absolute Gasteiger partial charge is 0.277 e. The highest BCUT2D eigenvalue weighted by Gasteiger charge is 2.11. The third kappa shape index (κ3) is 2.46. The Balaban J connectivity index is 2.18. The number of halogens is 1. The number of amides is 2. The van der Waals surface area contributed by atoms with E-state index in [1.807, 2.05) is 0 Å². The molecule has 0 aliphatic rings. The van der Waals surface area contributed by atoms with Crippen molar-refractivity contribution in [1.29, 1.82) is 0 Å². The predicted octanol–water partition coefficient (Wildman–Crippen LogP) is 0.809. The number of nitrogens with one attached hydrogen (secondary N) is 2. The standard InChI is InChI=1S/C10H8ClN5O2/c11-7-3-5(1-2-6(7)9(12)17)14-10(18)8-4-13-16-15-8/h1-4H,(H2,12,17)(H,14,18)(H,13,15,16). The first-order valence-corrected chi connectivity index (χ1v) is 5.22. The summed E-state index contributed by atoms with van der Waals surface area (Å²) in [5, 5.41) is 12.2. The molecular weight excluding hydrogens is 258 g/mol. The minimum atomic E-state index is -0.630. The summed E-state index contributed by atoms with van der Waals surface area (Å²) in [7, 11) is 0. The van der Waals surface area contributed by atoms with E-state index in [0.717, 1.165) is 0 Å². The molecule has 1 aromatic carbocycles. The Kier molecular flexibility index (Phi) is 3.24. The normalized spacial score (nSPS) is 10.1. The van der Waals surface area contributed by atoms with Crippen molar-refractivity contribution in [1.82, 2.24) is 15.4 Å². The van der Waals surface area contributed by atoms with Crippen molar-refractivity contribution in [2.75, 3.05) is 5.32 Å². The molecule has 0 fully saturated rings. The van der Waals surface area contributed by atoms with E-state index < -0.39 is 11.8 Å². The highest BCUT2D eigenvalue weighted by atomic mass is 35.5. The molecule has 7 nitrogen and oxygen atoms in total. The highest BCUT2D eigenvalue weighted by Crippen LogP contribution is 2.20. The number of carbonyl (C=O) groups excluding carboxylic acids is 2. The first-order chi connectivity index (χ1) is 8.58. The maximum atomic E-state index is 11.6. The lowest BCUT2D eigenvalue weighted by atomic mass is 10.2. The van der Waals surface area contributed by atoms with Crippen molar-refractivity contribution in [2.45, 2.75) is 0 Å². The Morgan fingerprint density at radius 2 is 2.17 bits per heavy atom. The fourth-order valence-electron chi connectivity index (χ4n) is 1.30. The molecule has 0 radical (unpaired) electrons. The maximum absolute atomic E-state index is 11.6. The molecule has 0 bridgehead atoms. The molecule has 4 N–H and O–H groups in total. The van der Waals surface area contributed by atoms with Crippen molar-refractivity contribution in [3.05, 3.63) is 40.7 Å². The third-order valence-electron chi connectivity index (χ3n) is 2.14. The topological polar surface area (TPSA) is 114 Å². The van der Waals surface area contributed by atoms with Crippen LogP contribution in [0.25, 0.3) is 0 Å². The number of aromatic amines is 1. The van der Waals surface area contributed by atoms with Crippen LogP contribution in [0, 0.1) is 0 Å². The monoisotopic (exact) mass is 265 g/mol. The predicted molar refractivity (Wildman–Crippen MR) is 64.3 cm³/mol. The number of primary amides is 1. The van der Waals surface area contributed by atoms with Gasteiger partial charge in [0.2, 0.25) is 5.91 Å². The largest absolute Gasteiger partial charge is 0.366 e. The zero-order chi connectivity index (χ0) is 13.1. The first-order valence-electron chi connectivity index (χ1n) is 4.84. The van der Waals surface area contributed by atoms with Gasteiger partial charge in [0, 0.05) is 5.69 Å². The van der Waals surface area contributed by atoms with Crippen LogP contribution in [-0.2, 0) is 0 Å². The number of nitrogens with zero attached hydrogens (tertiary/aromatic N) is 2. The molecule has 0 saturated heterocycles. The summed E-state index contributed by atoms with van der Waals surface area (Å²) < 4.78 is 0. The van der Waals surface area contributed by atoms with Crippen molar-refractivity contribution in [3.63, 3.8) is 0 Å². The van der Waals surface area contributed by atoms with Crippen LogP contribution in [0.4, 0.5) is 5.69 Å². The van der Waals surface area contributed by atoms with E-state index in [-0.39, 0.29) is 16.3 Å². The van der Waals surface area contributed by atoms with E-state index in [4.69, 9.17) is 17.3 Å². The molecule has 2 aromatic rings. The van der Waals surface area contributed by atoms with Crippen molar-refractivity contribution in [2.24, 2.45) is 5.73 Å². The van der Waals surface area contributed by atoms with Crippen LogP contribution in [0.1, 0.15) is 20.8 Å². The van der Waals surface area contributed by atoms with Crippen molar-refractivity contribution >= 4 is 29.1 Å². The number of hydrogen-bond donors (Lipinski definition) is 3. The molecule has 0 saturated carbocycles. The van der Waals surface area contributed by atoms with Crippen LogP contribution < -0.4 is 11.1 Å². The summed E-state index contributed by atoms with van der Waals surface area (Å²) in [6.45, 7) is 0. The van der Waals surface area contributed by atoms with Gasteiger partial charge in [0.05, 0.1) is 16.8 Å². The molecule has 0 aliphatic heterocycles. The summed E-state index contributed by atoms with van der Waals surface area (Å²) in [6, 6.07) is 4.38. The van der Waals surface area contributed by atoms with Gasteiger partial charge in [-0.1, -0.05) is 11.6 Å². The average molecular weight is 266 g/mol. The average Bonchev–Trinajstić information content (AvgIpc) is 2.81. The van der Waals surface area contributed by atoms with Gasteiger partial charge in [-0.3, -0.25) is 9.59 Å². The van der Waals surface area contributed by atoms with Gasteiger partial charge in [-0.05, 0) is 18.2 Å². The van der Waals surface area contributed by atoms with Gasteiger partial charge < -0.3 is 11.1 Å². The zero-order valence-electron chi connectivity index (χ0n) is 8.98. The molecule has 92 valence electrons. The quantitative estimate of drug-likeness (QED) is 0.762. The van der Waals surface area contributed by atoms with Gasteiger partial charge in [0.15, 0.2) is 5.69 Å². The van der Waals surface area contributed by atoms with Crippen LogP contribution in [0.5, 0.6) is 0 Å². The van der Waals surface area contributed by atoms with Crippen LogP contribution in [0.15, 0.2) is 24.4 Å². The number of carbonyl (C=O) groups is 2. The van der Waals surface area contributed by atoms with Gasteiger partial charge in [-0.15, -0.1) is 0 Å². The SMILES string of the molecule is NC(=O)c1ccc(NC(=O)c2cn[nH]n2)cc1Cl. The molecule has 18 heavy (non-hydrogen) atoms. The molecule has 1 heterocycles. The molecule has 1 aromatic heterocycles. The Bertz CT molecular complexity index is 596. The molecule has 8 heteroatoms. The second-order valence-corrected chi connectivity index (χ2v) is 3.78. The zero-order valence-corrected chi connectivity index (χ0v) is 9.73. The second-order valence-electron chi connectivity index (χ2n) is 3.37. The maximum Gasteiger partial charge on any atom is 0.277 e. The Labute approximate surface area is 106 Å². The highest BCUT2D eigenvalue weighted by molar-refractivity contribution is 6.34. The molecule has 2 amide bonds. The number of nitrogens with two attached hydrogens (primary N) is 1. The van der Waals surface area contributed by atoms with Gasteiger partial charge in [0.25, 0.3) is 5.91 Å². The lowest BCUT2D eigenvalue weighted by Gasteiger charge is -2.05. The number of anilines is 1.